The summed E-state index contributed by atoms with van der Waals surface area (Å²) in [5.74, 6) is 5.87. The van der Waals surface area contributed by atoms with E-state index in [2.05, 4.69) is 18.8 Å². The SMILES string of the molecule is CCCC/C(C#CCOCOC)=C/CO. The van der Waals surface area contributed by atoms with Gasteiger partial charge in [-0.2, -0.15) is 0 Å². The van der Waals surface area contributed by atoms with E-state index in [4.69, 9.17) is 14.6 Å². The van der Waals surface area contributed by atoms with Crippen LogP contribution in [0.5, 0.6) is 0 Å². The van der Waals surface area contributed by atoms with E-state index in [1.165, 1.54) is 0 Å². The largest absolute Gasteiger partial charge is 0.392 e. The van der Waals surface area contributed by atoms with Gasteiger partial charge in [0, 0.05) is 12.7 Å². The molecule has 1 N–H and O–H groups in total. The van der Waals surface area contributed by atoms with Gasteiger partial charge in [0.2, 0.25) is 0 Å². The molecule has 3 heteroatoms. The molecule has 0 unspecified atom stereocenters. The van der Waals surface area contributed by atoms with Gasteiger partial charge in [0.15, 0.2) is 0 Å². The Balaban J connectivity index is 3.87. The minimum absolute atomic E-state index is 0.0483. The highest BCUT2D eigenvalue weighted by atomic mass is 16.7. The van der Waals surface area contributed by atoms with Crippen molar-refractivity contribution in [2.75, 3.05) is 27.1 Å². The number of hydrogen-bond acceptors (Lipinski definition) is 3. The van der Waals surface area contributed by atoms with E-state index in [1.54, 1.807) is 13.2 Å². The first kappa shape index (κ1) is 14.2. The second-order valence-corrected chi connectivity index (χ2v) is 3.07. The molecule has 86 valence electrons. The predicted octanol–water partition coefficient (Wildman–Crippen LogP) is 1.72. The van der Waals surface area contributed by atoms with E-state index in [-0.39, 0.29) is 13.4 Å². The van der Waals surface area contributed by atoms with Crippen molar-refractivity contribution < 1.29 is 14.6 Å². The molecule has 0 saturated heterocycles. The standard InChI is InChI=1S/C12H20O3/c1-3-4-6-12(8-9-13)7-5-10-15-11-14-2/h8,13H,3-4,6,9-11H2,1-2H3/b12-8-. The number of allylic oxidation sites excluding steroid dienone is 1. The summed E-state index contributed by atoms with van der Waals surface area (Å²) in [6.07, 6.45) is 4.90. The molecule has 3 nitrogen and oxygen atoms in total. The summed E-state index contributed by atoms with van der Waals surface area (Å²) in [5, 5.41) is 8.78. The van der Waals surface area contributed by atoms with E-state index in [1.807, 2.05) is 0 Å². The number of rotatable bonds is 7. The molecule has 0 bridgehead atoms. The van der Waals surface area contributed by atoms with Crippen LogP contribution in [0.2, 0.25) is 0 Å². The Bertz CT molecular complexity index is 223. The average molecular weight is 212 g/mol. The average Bonchev–Trinajstić information content (AvgIpc) is 2.25. The van der Waals surface area contributed by atoms with Gasteiger partial charge in [-0.05, 0) is 18.9 Å². The quantitative estimate of drug-likeness (QED) is 0.397. The van der Waals surface area contributed by atoms with Crippen molar-refractivity contribution in [3.05, 3.63) is 11.6 Å². The molecule has 0 rings (SSSR count). The van der Waals surface area contributed by atoms with Crippen molar-refractivity contribution in [3.63, 3.8) is 0 Å². The Morgan fingerprint density at radius 1 is 1.47 bits per heavy atom. The van der Waals surface area contributed by atoms with Gasteiger partial charge < -0.3 is 14.6 Å². The van der Waals surface area contributed by atoms with Crippen LogP contribution in [0.4, 0.5) is 0 Å². The lowest BCUT2D eigenvalue weighted by Crippen LogP contribution is -1.96. The van der Waals surface area contributed by atoms with Crippen molar-refractivity contribution in [2.45, 2.75) is 26.2 Å². The number of ether oxygens (including phenoxy) is 2. The fraction of sp³-hybridized carbons (Fsp3) is 0.667. The molecule has 0 atom stereocenters. The number of hydrogen-bond donors (Lipinski definition) is 1. The topological polar surface area (TPSA) is 38.7 Å². The van der Waals surface area contributed by atoms with Crippen LogP contribution in [-0.4, -0.2) is 32.2 Å². The number of aliphatic hydroxyl groups is 1. The lowest BCUT2D eigenvalue weighted by atomic mass is 10.1. The number of unbranched alkanes of at least 4 members (excludes halogenated alkanes) is 1. The molecule has 0 saturated carbocycles. The second-order valence-electron chi connectivity index (χ2n) is 3.07. The summed E-state index contributed by atoms with van der Waals surface area (Å²) in [6.45, 7) is 2.81. The Morgan fingerprint density at radius 3 is 2.87 bits per heavy atom. The van der Waals surface area contributed by atoms with Crippen LogP contribution < -0.4 is 0 Å². The first-order valence-corrected chi connectivity index (χ1v) is 5.20. The Kier molecular flexibility index (Phi) is 10.6. The first-order valence-electron chi connectivity index (χ1n) is 5.20. The number of aliphatic hydroxyl groups excluding tert-OH is 1. The summed E-state index contributed by atoms with van der Waals surface area (Å²) in [5.41, 5.74) is 0.986. The van der Waals surface area contributed by atoms with Gasteiger partial charge >= 0.3 is 0 Å². The molecule has 0 aromatic heterocycles. The zero-order chi connectivity index (χ0) is 11.4. The zero-order valence-corrected chi connectivity index (χ0v) is 9.58. The van der Waals surface area contributed by atoms with Crippen LogP contribution in [0.25, 0.3) is 0 Å². The van der Waals surface area contributed by atoms with Crippen molar-refractivity contribution in [2.24, 2.45) is 0 Å². The normalized spacial score (nSPS) is 11.0. The maximum absolute atomic E-state index is 8.78. The van der Waals surface area contributed by atoms with E-state index < -0.39 is 0 Å². The molecule has 0 amide bonds. The van der Waals surface area contributed by atoms with Crippen molar-refractivity contribution in [1.82, 2.24) is 0 Å². The van der Waals surface area contributed by atoms with Crippen LogP contribution >= 0.6 is 0 Å². The first-order chi connectivity index (χ1) is 7.35. The summed E-state index contributed by atoms with van der Waals surface area (Å²) >= 11 is 0. The molecule has 0 radical (unpaired) electrons. The Hall–Kier alpha value is -0.820. The fourth-order valence-corrected chi connectivity index (χ4v) is 1.02. The van der Waals surface area contributed by atoms with Crippen LogP contribution in [0.15, 0.2) is 11.6 Å². The second kappa shape index (κ2) is 11.3. The molecule has 0 fully saturated rings. The minimum atomic E-state index is 0.0483. The van der Waals surface area contributed by atoms with Crippen LogP contribution in [-0.2, 0) is 9.47 Å². The maximum Gasteiger partial charge on any atom is 0.147 e. The lowest BCUT2D eigenvalue weighted by molar-refractivity contribution is -0.0166. The monoisotopic (exact) mass is 212 g/mol. The molecule has 0 spiro atoms. The third-order valence-electron chi connectivity index (χ3n) is 1.76. The van der Waals surface area contributed by atoms with Gasteiger partial charge in [0.25, 0.3) is 0 Å². The maximum atomic E-state index is 8.78. The van der Waals surface area contributed by atoms with Gasteiger partial charge in [-0.1, -0.05) is 25.2 Å². The molecule has 0 heterocycles. The lowest BCUT2D eigenvalue weighted by Gasteiger charge is -1.98. The Labute approximate surface area is 92.1 Å². The van der Waals surface area contributed by atoms with Crippen LogP contribution in [0.3, 0.4) is 0 Å². The van der Waals surface area contributed by atoms with E-state index >= 15 is 0 Å². The Morgan fingerprint density at radius 2 is 2.27 bits per heavy atom. The summed E-state index contributed by atoms with van der Waals surface area (Å²) in [7, 11) is 1.58. The van der Waals surface area contributed by atoms with Gasteiger partial charge in [0.05, 0.1) is 6.61 Å². The van der Waals surface area contributed by atoms with Crippen LogP contribution in [0, 0.1) is 11.8 Å². The summed E-state index contributed by atoms with van der Waals surface area (Å²) < 4.78 is 9.75. The van der Waals surface area contributed by atoms with Gasteiger partial charge in [-0.15, -0.1) is 0 Å². The summed E-state index contributed by atoms with van der Waals surface area (Å²) in [6, 6.07) is 0. The highest BCUT2D eigenvalue weighted by Gasteiger charge is 1.91. The smallest absolute Gasteiger partial charge is 0.147 e. The molecule has 0 aliphatic rings. The molecule has 0 aromatic rings. The molecule has 0 aliphatic heterocycles. The minimum Gasteiger partial charge on any atom is -0.392 e. The highest BCUT2D eigenvalue weighted by molar-refractivity contribution is 5.28. The van der Waals surface area contributed by atoms with E-state index in [0.717, 1.165) is 24.8 Å². The van der Waals surface area contributed by atoms with Crippen molar-refractivity contribution >= 4 is 0 Å². The third-order valence-corrected chi connectivity index (χ3v) is 1.76. The van der Waals surface area contributed by atoms with E-state index in [0.29, 0.717) is 6.61 Å². The highest BCUT2D eigenvalue weighted by Crippen LogP contribution is 2.05. The predicted molar refractivity (Wildman–Crippen MR) is 60.3 cm³/mol. The molecule has 15 heavy (non-hydrogen) atoms. The molecule has 0 aromatic carbocycles. The van der Waals surface area contributed by atoms with Gasteiger partial charge in [0.1, 0.15) is 13.4 Å². The zero-order valence-electron chi connectivity index (χ0n) is 9.58. The van der Waals surface area contributed by atoms with Crippen LogP contribution in [0.1, 0.15) is 26.2 Å². The fourth-order valence-electron chi connectivity index (χ4n) is 1.02. The molecule has 0 aliphatic carbocycles. The van der Waals surface area contributed by atoms with Crippen molar-refractivity contribution in [3.8, 4) is 11.8 Å². The van der Waals surface area contributed by atoms with Gasteiger partial charge in [-0.25, -0.2) is 0 Å². The third kappa shape index (κ3) is 9.48. The van der Waals surface area contributed by atoms with Gasteiger partial charge in [-0.3, -0.25) is 0 Å². The summed E-state index contributed by atoms with van der Waals surface area (Å²) in [4.78, 5) is 0. The number of methoxy groups -OCH3 is 1. The molecular weight excluding hydrogens is 192 g/mol. The van der Waals surface area contributed by atoms with Crippen molar-refractivity contribution in [1.29, 1.82) is 0 Å². The van der Waals surface area contributed by atoms with E-state index in [9.17, 15) is 0 Å². The molecular formula is C12H20O3.